The van der Waals surface area contributed by atoms with Crippen LogP contribution in [0, 0.1) is 6.92 Å². The summed E-state index contributed by atoms with van der Waals surface area (Å²) in [6.45, 7) is 4.69. The van der Waals surface area contributed by atoms with Gasteiger partial charge in [-0.05, 0) is 23.6 Å². The maximum Gasteiger partial charge on any atom is 0.194 e. The standard InChI is InChI=1S/C23H28N4OS.HI/c1-18-26-22(17-29-18)14-27(3)23(24-2)25-13-20-10-7-11-21(12-20)16-28-15-19-8-5-4-6-9-19;/h4-12,17H,13-16H2,1-3H3,(H,24,25);1H. The molecule has 0 atom stereocenters. The average molecular weight is 536 g/mol. The molecule has 30 heavy (non-hydrogen) atoms. The molecule has 3 aromatic rings. The van der Waals surface area contributed by atoms with Crippen molar-refractivity contribution in [2.45, 2.75) is 33.2 Å². The number of ether oxygens (including phenoxy) is 1. The van der Waals surface area contributed by atoms with Crippen LogP contribution in [0.3, 0.4) is 0 Å². The summed E-state index contributed by atoms with van der Waals surface area (Å²) in [5, 5.41) is 6.61. The molecule has 160 valence electrons. The first-order valence-electron chi connectivity index (χ1n) is 9.66. The van der Waals surface area contributed by atoms with Gasteiger partial charge in [-0.1, -0.05) is 54.6 Å². The van der Waals surface area contributed by atoms with Gasteiger partial charge in [-0.25, -0.2) is 4.98 Å². The molecule has 0 saturated heterocycles. The predicted octanol–water partition coefficient (Wildman–Crippen LogP) is 4.99. The van der Waals surface area contributed by atoms with Crippen LogP contribution in [-0.2, 0) is 31.0 Å². The fourth-order valence-electron chi connectivity index (χ4n) is 3.05. The zero-order valence-electron chi connectivity index (χ0n) is 17.7. The number of nitrogens with zero attached hydrogens (tertiary/aromatic N) is 3. The Morgan fingerprint density at radius 3 is 2.47 bits per heavy atom. The molecule has 0 fully saturated rings. The maximum atomic E-state index is 5.86. The van der Waals surface area contributed by atoms with E-state index < -0.39 is 0 Å². The summed E-state index contributed by atoms with van der Waals surface area (Å²) in [4.78, 5) is 11.0. The van der Waals surface area contributed by atoms with Gasteiger partial charge in [-0.2, -0.15) is 0 Å². The third-order valence-electron chi connectivity index (χ3n) is 4.46. The van der Waals surface area contributed by atoms with Crippen molar-refractivity contribution in [1.82, 2.24) is 15.2 Å². The number of aliphatic imine (C=N–C) groups is 1. The zero-order chi connectivity index (χ0) is 20.5. The van der Waals surface area contributed by atoms with Crippen molar-refractivity contribution in [1.29, 1.82) is 0 Å². The molecule has 0 radical (unpaired) electrons. The molecular formula is C23H29IN4OS. The van der Waals surface area contributed by atoms with Gasteiger partial charge in [0.25, 0.3) is 0 Å². The van der Waals surface area contributed by atoms with Crippen LogP contribution in [0.5, 0.6) is 0 Å². The van der Waals surface area contributed by atoms with Crippen molar-refractivity contribution in [3.05, 3.63) is 87.4 Å². The minimum absolute atomic E-state index is 0. The fourth-order valence-corrected chi connectivity index (χ4v) is 3.66. The van der Waals surface area contributed by atoms with E-state index in [4.69, 9.17) is 4.74 Å². The minimum atomic E-state index is 0. The van der Waals surface area contributed by atoms with Crippen LogP contribution in [0.2, 0.25) is 0 Å². The summed E-state index contributed by atoms with van der Waals surface area (Å²) in [5.74, 6) is 0.849. The van der Waals surface area contributed by atoms with Crippen molar-refractivity contribution in [3.63, 3.8) is 0 Å². The molecule has 0 saturated carbocycles. The summed E-state index contributed by atoms with van der Waals surface area (Å²) in [7, 11) is 3.83. The van der Waals surface area contributed by atoms with E-state index in [2.05, 4.69) is 62.0 Å². The number of rotatable bonds is 8. The zero-order valence-corrected chi connectivity index (χ0v) is 20.8. The molecule has 7 heteroatoms. The first kappa shape index (κ1) is 24.3. The minimum Gasteiger partial charge on any atom is -0.372 e. The van der Waals surface area contributed by atoms with Crippen LogP contribution >= 0.6 is 35.3 Å². The van der Waals surface area contributed by atoms with Gasteiger partial charge >= 0.3 is 0 Å². The van der Waals surface area contributed by atoms with Crippen LogP contribution in [0.1, 0.15) is 27.4 Å². The Labute approximate surface area is 200 Å². The highest BCUT2D eigenvalue weighted by molar-refractivity contribution is 14.0. The normalized spacial score (nSPS) is 11.1. The number of thiazole rings is 1. The molecule has 1 heterocycles. The molecule has 0 amide bonds. The number of aromatic nitrogens is 1. The van der Waals surface area contributed by atoms with Crippen molar-refractivity contribution in [2.24, 2.45) is 4.99 Å². The first-order valence-corrected chi connectivity index (χ1v) is 10.5. The second-order valence-corrected chi connectivity index (χ2v) is 7.98. The lowest BCUT2D eigenvalue weighted by Gasteiger charge is -2.21. The monoisotopic (exact) mass is 536 g/mol. The van der Waals surface area contributed by atoms with Gasteiger partial charge in [0.05, 0.1) is 30.5 Å². The maximum absolute atomic E-state index is 5.86. The molecule has 1 N–H and O–H groups in total. The molecule has 5 nitrogen and oxygen atoms in total. The van der Waals surface area contributed by atoms with Crippen LogP contribution < -0.4 is 5.32 Å². The average Bonchev–Trinajstić information content (AvgIpc) is 3.14. The lowest BCUT2D eigenvalue weighted by Crippen LogP contribution is -2.38. The number of halogens is 1. The summed E-state index contributed by atoms with van der Waals surface area (Å²) >= 11 is 1.67. The Kier molecular flexibility index (Phi) is 10.3. The number of nitrogens with one attached hydrogen (secondary N) is 1. The van der Waals surface area contributed by atoms with Crippen LogP contribution in [0.15, 0.2) is 65.0 Å². The molecule has 0 bridgehead atoms. The van der Waals surface area contributed by atoms with E-state index in [-0.39, 0.29) is 24.0 Å². The van der Waals surface area contributed by atoms with E-state index in [1.807, 2.05) is 32.2 Å². The first-order chi connectivity index (χ1) is 14.1. The molecule has 2 aromatic carbocycles. The third-order valence-corrected chi connectivity index (χ3v) is 5.28. The Balaban J connectivity index is 0.00000320. The van der Waals surface area contributed by atoms with Gasteiger partial charge in [0.2, 0.25) is 0 Å². The lowest BCUT2D eigenvalue weighted by atomic mass is 10.1. The third kappa shape index (κ3) is 7.70. The van der Waals surface area contributed by atoms with E-state index in [0.717, 1.165) is 23.2 Å². The second-order valence-electron chi connectivity index (χ2n) is 6.91. The van der Waals surface area contributed by atoms with Crippen molar-refractivity contribution >= 4 is 41.3 Å². The van der Waals surface area contributed by atoms with Gasteiger partial charge < -0.3 is 15.0 Å². The molecule has 3 rings (SSSR count). The highest BCUT2D eigenvalue weighted by Crippen LogP contribution is 2.11. The van der Waals surface area contributed by atoms with Gasteiger partial charge in [-0.3, -0.25) is 4.99 Å². The molecule has 1 aromatic heterocycles. The summed E-state index contributed by atoms with van der Waals surface area (Å²) < 4.78 is 5.86. The van der Waals surface area contributed by atoms with Crippen molar-refractivity contribution < 1.29 is 4.74 Å². The molecule has 0 aliphatic heterocycles. The Morgan fingerprint density at radius 2 is 1.77 bits per heavy atom. The Morgan fingerprint density at radius 1 is 1.07 bits per heavy atom. The Hall–Kier alpha value is -1.97. The molecule has 0 aliphatic carbocycles. The van der Waals surface area contributed by atoms with E-state index in [0.29, 0.717) is 19.8 Å². The van der Waals surface area contributed by atoms with Crippen LogP contribution in [0.25, 0.3) is 0 Å². The van der Waals surface area contributed by atoms with Gasteiger partial charge in [-0.15, -0.1) is 35.3 Å². The van der Waals surface area contributed by atoms with E-state index >= 15 is 0 Å². The van der Waals surface area contributed by atoms with Gasteiger partial charge in [0.15, 0.2) is 5.96 Å². The highest BCUT2D eigenvalue weighted by atomic mass is 127. The van der Waals surface area contributed by atoms with E-state index in [9.17, 15) is 0 Å². The molecule has 0 spiro atoms. The number of benzene rings is 2. The van der Waals surface area contributed by atoms with Gasteiger partial charge in [0, 0.05) is 26.0 Å². The second kappa shape index (κ2) is 12.7. The topological polar surface area (TPSA) is 49.8 Å². The van der Waals surface area contributed by atoms with Crippen molar-refractivity contribution in [3.8, 4) is 0 Å². The number of aryl methyl sites for hydroxylation is 1. The van der Waals surface area contributed by atoms with E-state index in [1.54, 1.807) is 18.4 Å². The molecular weight excluding hydrogens is 507 g/mol. The van der Waals surface area contributed by atoms with E-state index in [1.165, 1.54) is 16.7 Å². The van der Waals surface area contributed by atoms with Crippen LogP contribution in [-0.4, -0.2) is 29.9 Å². The highest BCUT2D eigenvalue weighted by Gasteiger charge is 2.09. The Bertz CT molecular complexity index is 930. The smallest absolute Gasteiger partial charge is 0.194 e. The SMILES string of the molecule is CN=C(NCc1cccc(COCc2ccccc2)c1)N(C)Cc1csc(C)n1.I. The predicted molar refractivity (Wildman–Crippen MR) is 135 cm³/mol. The van der Waals surface area contributed by atoms with Crippen LogP contribution in [0.4, 0.5) is 0 Å². The fraction of sp³-hybridized carbons (Fsp3) is 0.304. The van der Waals surface area contributed by atoms with Crippen molar-refractivity contribution in [2.75, 3.05) is 14.1 Å². The lowest BCUT2D eigenvalue weighted by molar-refractivity contribution is 0.107. The summed E-state index contributed by atoms with van der Waals surface area (Å²) in [5.41, 5.74) is 4.62. The molecule has 0 unspecified atom stereocenters. The number of hydrogen-bond donors (Lipinski definition) is 1. The quantitative estimate of drug-likeness (QED) is 0.250. The largest absolute Gasteiger partial charge is 0.372 e. The summed E-state index contributed by atoms with van der Waals surface area (Å²) in [6, 6.07) is 18.7. The summed E-state index contributed by atoms with van der Waals surface area (Å²) in [6.07, 6.45) is 0. The van der Waals surface area contributed by atoms with Gasteiger partial charge in [0.1, 0.15) is 0 Å². The molecule has 0 aliphatic rings. The number of hydrogen-bond acceptors (Lipinski definition) is 4. The number of guanidine groups is 1.